The predicted molar refractivity (Wildman–Crippen MR) is 158 cm³/mol. The fourth-order valence-electron chi connectivity index (χ4n) is 6.50. The Kier molecular flexibility index (Phi) is 8.95. The van der Waals surface area contributed by atoms with E-state index in [2.05, 4.69) is 20.6 Å². The third-order valence-corrected chi connectivity index (χ3v) is 8.88. The molecule has 1 aromatic carbocycles. The first-order valence-corrected chi connectivity index (χ1v) is 15.4. The molecule has 11 heteroatoms. The summed E-state index contributed by atoms with van der Waals surface area (Å²) in [6.07, 6.45) is 8.82. The minimum absolute atomic E-state index is 0.0983. The van der Waals surface area contributed by atoms with Crippen LogP contribution in [0.25, 0.3) is 0 Å². The average Bonchev–Trinajstić information content (AvgIpc) is 3.48. The van der Waals surface area contributed by atoms with E-state index in [1.165, 1.54) is 6.42 Å². The quantitative estimate of drug-likeness (QED) is 0.472. The number of likely N-dealkylation sites (tertiary alicyclic amines) is 1. The second-order valence-electron chi connectivity index (χ2n) is 11.9. The molecule has 1 N–H and O–H groups in total. The van der Waals surface area contributed by atoms with E-state index in [9.17, 15) is 14.4 Å². The lowest BCUT2D eigenvalue weighted by Gasteiger charge is -2.41. The largest absolute Gasteiger partial charge is 0.477 e. The Bertz CT molecular complexity index is 1420. The molecule has 3 aromatic rings. The molecular weight excluding hydrogens is 546 g/mol. The zero-order valence-corrected chi connectivity index (χ0v) is 24.4. The number of nitrogens with one attached hydrogen (secondary N) is 1. The fourth-order valence-corrected chi connectivity index (χ4v) is 6.50. The number of benzene rings is 1. The lowest BCUT2D eigenvalue weighted by Crippen LogP contribution is -2.54. The molecule has 3 atom stereocenters. The highest BCUT2D eigenvalue weighted by Gasteiger charge is 2.37. The zero-order chi connectivity index (χ0) is 29.6. The number of amides is 3. The van der Waals surface area contributed by atoms with Gasteiger partial charge in [0, 0.05) is 51.4 Å². The summed E-state index contributed by atoms with van der Waals surface area (Å²) in [5.74, 6) is 0.155. The average molecular weight is 586 g/mol. The van der Waals surface area contributed by atoms with Crippen molar-refractivity contribution in [2.24, 2.45) is 11.8 Å². The van der Waals surface area contributed by atoms with Gasteiger partial charge >= 0.3 is 0 Å². The van der Waals surface area contributed by atoms with E-state index in [-0.39, 0.29) is 41.5 Å². The summed E-state index contributed by atoms with van der Waals surface area (Å²) in [7, 11) is 0. The van der Waals surface area contributed by atoms with Crippen LogP contribution < -0.4 is 10.1 Å². The molecule has 11 nitrogen and oxygen atoms in total. The van der Waals surface area contributed by atoms with Crippen LogP contribution in [0.4, 0.5) is 0 Å². The topological polar surface area (TPSA) is 123 Å². The Morgan fingerprint density at radius 2 is 1.84 bits per heavy atom. The van der Waals surface area contributed by atoms with Crippen LogP contribution in [0, 0.1) is 11.8 Å². The van der Waals surface area contributed by atoms with Gasteiger partial charge < -0.3 is 19.9 Å². The van der Waals surface area contributed by atoms with Gasteiger partial charge in [-0.25, -0.2) is 9.67 Å². The molecule has 6 rings (SSSR count). The van der Waals surface area contributed by atoms with Crippen molar-refractivity contribution in [1.29, 1.82) is 0 Å². The van der Waals surface area contributed by atoms with E-state index in [0.717, 1.165) is 37.9 Å². The smallest absolute Gasteiger partial charge is 0.257 e. The lowest BCUT2D eigenvalue weighted by molar-refractivity contribution is -0.137. The molecular formula is C32H39N7O4. The van der Waals surface area contributed by atoms with Gasteiger partial charge in [0.05, 0.1) is 18.8 Å². The maximum Gasteiger partial charge on any atom is 0.257 e. The first-order chi connectivity index (χ1) is 21.0. The summed E-state index contributed by atoms with van der Waals surface area (Å²) in [4.78, 5) is 48.8. The molecule has 0 aliphatic carbocycles. The van der Waals surface area contributed by atoms with Crippen LogP contribution in [0.1, 0.15) is 60.1 Å². The monoisotopic (exact) mass is 585 g/mol. The highest BCUT2D eigenvalue weighted by Crippen LogP contribution is 2.31. The molecule has 3 aliphatic rings. The number of carbonyl (C=O) groups excluding carboxylic acids is 3. The van der Waals surface area contributed by atoms with Crippen molar-refractivity contribution in [3.63, 3.8) is 0 Å². The van der Waals surface area contributed by atoms with E-state index in [1.807, 2.05) is 46.3 Å². The molecule has 2 bridgehead atoms. The van der Waals surface area contributed by atoms with Crippen LogP contribution in [-0.4, -0.2) is 86.3 Å². The van der Waals surface area contributed by atoms with Crippen molar-refractivity contribution in [1.82, 2.24) is 35.1 Å². The number of aromatic nitrogens is 4. The first kappa shape index (κ1) is 28.8. The normalized spacial score (nSPS) is 22.9. The van der Waals surface area contributed by atoms with Crippen LogP contribution in [0.3, 0.4) is 0 Å². The van der Waals surface area contributed by atoms with Crippen LogP contribution in [0.15, 0.2) is 54.9 Å². The van der Waals surface area contributed by atoms with Crippen LogP contribution >= 0.6 is 0 Å². The summed E-state index contributed by atoms with van der Waals surface area (Å²) < 4.78 is 7.77. The minimum atomic E-state index is -0.839. The van der Waals surface area contributed by atoms with Gasteiger partial charge in [-0.2, -0.15) is 0 Å². The number of carbonyl (C=O) groups is 3. The Balaban J connectivity index is 1.21. The van der Waals surface area contributed by atoms with E-state index >= 15 is 0 Å². The SMILES string of the molecule is O=C1N[C@H](Cc2cn(Cc3ccccc3)nn2)C(=O)N2CC[C@@H](CC(=O)N3CCCCC3)[C@@H](CCOc3ncccc31)C2. The summed E-state index contributed by atoms with van der Waals surface area (Å²) in [5, 5.41) is 11.5. The van der Waals surface area contributed by atoms with Gasteiger partial charge in [0.1, 0.15) is 11.6 Å². The first-order valence-electron chi connectivity index (χ1n) is 15.4. The predicted octanol–water partition coefficient (Wildman–Crippen LogP) is 2.71. The van der Waals surface area contributed by atoms with E-state index in [0.29, 0.717) is 44.8 Å². The van der Waals surface area contributed by atoms with Crippen molar-refractivity contribution in [2.45, 2.75) is 57.5 Å². The summed E-state index contributed by atoms with van der Waals surface area (Å²) in [5.41, 5.74) is 1.99. The summed E-state index contributed by atoms with van der Waals surface area (Å²) >= 11 is 0. The van der Waals surface area contributed by atoms with E-state index in [4.69, 9.17) is 4.74 Å². The standard InChI is InChI=1S/C32H39N7O4/c40-29(37-14-5-2-6-15-37)18-24-11-16-38-21-25(24)12-17-43-31-27(10-7-13-33-31)30(41)34-28(32(38)42)19-26-22-39(36-35-26)20-23-8-3-1-4-9-23/h1,3-4,7-10,13,22,24-25,28H,2,5-6,11-12,14-21H2,(H,34,41)/t24-,25-,28+/m0/s1. The highest BCUT2D eigenvalue weighted by molar-refractivity contribution is 5.99. The molecule has 2 aromatic heterocycles. The number of hydrogen-bond acceptors (Lipinski definition) is 7. The molecule has 0 spiro atoms. The van der Waals surface area contributed by atoms with Crippen LogP contribution in [-0.2, 0) is 22.6 Å². The molecule has 43 heavy (non-hydrogen) atoms. The van der Waals surface area contributed by atoms with Gasteiger partial charge in [-0.15, -0.1) is 5.10 Å². The lowest BCUT2D eigenvalue weighted by atomic mass is 9.80. The number of nitrogens with zero attached hydrogens (tertiary/aromatic N) is 6. The second kappa shape index (κ2) is 13.4. The third-order valence-electron chi connectivity index (χ3n) is 8.88. The molecule has 3 aliphatic heterocycles. The Labute approximate surface area is 251 Å². The summed E-state index contributed by atoms with van der Waals surface area (Å²) in [6.45, 7) is 3.64. The van der Waals surface area contributed by atoms with Crippen molar-refractivity contribution >= 4 is 17.7 Å². The molecule has 5 heterocycles. The van der Waals surface area contributed by atoms with Crippen molar-refractivity contribution in [2.75, 3.05) is 32.8 Å². The number of pyridine rings is 1. The van der Waals surface area contributed by atoms with Crippen molar-refractivity contribution in [3.05, 3.63) is 71.7 Å². The molecule has 2 saturated heterocycles. The van der Waals surface area contributed by atoms with Crippen molar-refractivity contribution < 1.29 is 19.1 Å². The Morgan fingerprint density at radius 3 is 2.67 bits per heavy atom. The number of rotatable bonds is 6. The number of hydrogen-bond donors (Lipinski definition) is 1. The maximum absolute atomic E-state index is 14.0. The third kappa shape index (κ3) is 7.03. The number of piperidine rings is 2. The van der Waals surface area contributed by atoms with Crippen molar-refractivity contribution in [3.8, 4) is 5.88 Å². The van der Waals surface area contributed by atoms with Gasteiger partial charge in [-0.1, -0.05) is 35.5 Å². The van der Waals surface area contributed by atoms with Gasteiger partial charge in [-0.3, -0.25) is 14.4 Å². The molecule has 0 saturated carbocycles. The second-order valence-corrected chi connectivity index (χ2v) is 11.9. The fraction of sp³-hybridized carbons (Fsp3) is 0.500. The number of ether oxygens (including phenoxy) is 1. The van der Waals surface area contributed by atoms with E-state index in [1.54, 1.807) is 23.0 Å². The molecule has 0 radical (unpaired) electrons. The van der Waals surface area contributed by atoms with Gasteiger partial charge in [0.25, 0.3) is 5.91 Å². The minimum Gasteiger partial charge on any atom is -0.477 e. The Hall–Kier alpha value is -4.28. The van der Waals surface area contributed by atoms with E-state index < -0.39 is 11.9 Å². The molecule has 226 valence electrons. The number of fused-ring (bicyclic) bond motifs is 3. The van der Waals surface area contributed by atoms with Gasteiger partial charge in [-0.05, 0) is 61.6 Å². The molecule has 2 fully saturated rings. The maximum atomic E-state index is 14.0. The molecule has 3 amide bonds. The zero-order valence-electron chi connectivity index (χ0n) is 24.4. The van der Waals surface area contributed by atoms with Crippen LogP contribution in [0.5, 0.6) is 5.88 Å². The Morgan fingerprint density at radius 1 is 1.00 bits per heavy atom. The highest BCUT2D eigenvalue weighted by atomic mass is 16.5. The van der Waals surface area contributed by atoms with Gasteiger partial charge in [0.2, 0.25) is 17.7 Å². The summed E-state index contributed by atoms with van der Waals surface area (Å²) in [6, 6.07) is 12.5. The molecule has 0 unspecified atom stereocenters. The van der Waals surface area contributed by atoms with Crippen LogP contribution in [0.2, 0.25) is 0 Å². The van der Waals surface area contributed by atoms with Gasteiger partial charge in [0.15, 0.2) is 0 Å².